The molecule has 3 heteroatoms. The fourth-order valence-corrected chi connectivity index (χ4v) is 1.96. The Kier molecular flexibility index (Phi) is 6.61. The quantitative estimate of drug-likeness (QED) is 0.663. The van der Waals surface area contributed by atoms with Crippen molar-refractivity contribution in [1.29, 1.82) is 0 Å². The van der Waals surface area contributed by atoms with E-state index in [-0.39, 0.29) is 11.7 Å². The van der Waals surface area contributed by atoms with E-state index >= 15 is 0 Å². The average molecular weight is 249 g/mol. The molecule has 0 saturated carbocycles. The molecule has 0 N–H and O–H groups in total. The van der Waals surface area contributed by atoms with E-state index in [9.17, 15) is 4.79 Å². The van der Waals surface area contributed by atoms with Crippen molar-refractivity contribution in [2.45, 2.75) is 13.8 Å². The number of Topliss-reactive ketones (excluding diaryl/α,β-unsaturated/α-hetero) is 1. The lowest BCUT2D eigenvalue weighted by Crippen LogP contribution is -2.34. The van der Waals surface area contributed by atoms with Gasteiger partial charge in [0.05, 0.1) is 6.61 Å². The van der Waals surface area contributed by atoms with Crippen LogP contribution in [-0.2, 0) is 4.74 Å². The lowest BCUT2D eigenvalue weighted by Gasteiger charge is -2.23. The van der Waals surface area contributed by atoms with Crippen molar-refractivity contribution >= 4 is 5.78 Å². The molecule has 1 aromatic carbocycles. The van der Waals surface area contributed by atoms with Gasteiger partial charge in [0.15, 0.2) is 5.78 Å². The summed E-state index contributed by atoms with van der Waals surface area (Å²) in [5.74, 6) is 0.232. The Labute approximate surface area is 110 Å². The van der Waals surface area contributed by atoms with Gasteiger partial charge in [0.2, 0.25) is 0 Å². The molecule has 3 nitrogen and oxygen atoms in total. The van der Waals surface area contributed by atoms with Gasteiger partial charge in [0.25, 0.3) is 0 Å². The zero-order valence-corrected chi connectivity index (χ0v) is 11.6. The minimum Gasteiger partial charge on any atom is -0.383 e. The van der Waals surface area contributed by atoms with Gasteiger partial charge in [-0.15, -0.1) is 0 Å². The van der Waals surface area contributed by atoms with Gasteiger partial charge >= 0.3 is 0 Å². The van der Waals surface area contributed by atoms with Gasteiger partial charge in [-0.3, -0.25) is 4.79 Å². The van der Waals surface area contributed by atoms with E-state index in [2.05, 4.69) is 11.8 Å². The molecule has 0 aromatic heterocycles. The molecule has 0 spiro atoms. The van der Waals surface area contributed by atoms with E-state index in [0.717, 1.165) is 25.2 Å². The summed E-state index contributed by atoms with van der Waals surface area (Å²) in [5, 5.41) is 0. The number of ether oxygens (including phenoxy) is 1. The Hall–Kier alpha value is -1.19. The Bertz CT molecular complexity index is 351. The second kappa shape index (κ2) is 8.01. The van der Waals surface area contributed by atoms with Gasteiger partial charge in [0, 0.05) is 31.7 Å². The Morgan fingerprint density at radius 3 is 2.56 bits per heavy atom. The number of ketones is 1. The highest BCUT2D eigenvalue weighted by molar-refractivity contribution is 5.97. The summed E-state index contributed by atoms with van der Waals surface area (Å²) in [6.45, 7) is 7.41. The van der Waals surface area contributed by atoms with E-state index in [1.165, 1.54) is 0 Å². The van der Waals surface area contributed by atoms with Gasteiger partial charge in [-0.25, -0.2) is 0 Å². The van der Waals surface area contributed by atoms with Crippen LogP contribution in [0, 0.1) is 5.92 Å². The highest BCUT2D eigenvalue weighted by Gasteiger charge is 2.17. The molecule has 0 fully saturated rings. The Balaban J connectivity index is 2.53. The first-order valence-corrected chi connectivity index (χ1v) is 6.49. The minimum absolute atomic E-state index is 0.0178. The predicted octanol–water partition coefficient (Wildman–Crippen LogP) is 2.47. The van der Waals surface area contributed by atoms with Crippen LogP contribution in [-0.4, -0.2) is 44.0 Å². The summed E-state index contributed by atoms with van der Waals surface area (Å²) in [6.07, 6.45) is 0. The number of hydrogen-bond donors (Lipinski definition) is 0. The molecule has 0 saturated heterocycles. The van der Waals surface area contributed by atoms with Crippen LogP contribution < -0.4 is 0 Å². The molecule has 1 aromatic rings. The third-order valence-corrected chi connectivity index (χ3v) is 3.10. The molecule has 0 aliphatic heterocycles. The molecule has 18 heavy (non-hydrogen) atoms. The van der Waals surface area contributed by atoms with Crippen LogP contribution in [0.4, 0.5) is 0 Å². The molecule has 0 aliphatic carbocycles. The fourth-order valence-electron chi connectivity index (χ4n) is 1.96. The van der Waals surface area contributed by atoms with Gasteiger partial charge in [-0.2, -0.15) is 0 Å². The van der Waals surface area contributed by atoms with Gasteiger partial charge in [0.1, 0.15) is 0 Å². The third kappa shape index (κ3) is 4.59. The molecule has 0 aliphatic rings. The third-order valence-electron chi connectivity index (χ3n) is 3.10. The number of likely N-dealkylation sites (N-methyl/N-ethyl adjacent to an activating group) is 1. The van der Waals surface area contributed by atoms with Crippen molar-refractivity contribution < 1.29 is 9.53 Å². The maximum absolute atomic E-state index is 12.2. The Morgan fingerprint density at radius 2 is 2.00 bits per heavy atom. The standard InChI is InChI=1S/C15H23NO2/c1-4-16(10-11-18-3)12-13(2)15(17)14-8-6-5-7-9-14/h5-9,13H,4,10-12H2,1-3H3. The van der Waals surface area contributed by atoms with Gasteiger partial charge in [-0.1, -0.05) is 44.2 Å². The van der Waals surface area contributed by atoms with Crippen LogP contribution in [0.1, 0.15) is 24.2 Å². The minimum atomic E-state index is 0.0178. The highest BCUT2D eigenvalue weighted by Crippen LogP contribution is 2.10. The molecular formula is C15H23NO2. The number of carbonyl (C=O) groups excluding carboxylic acids is 1. The summed E-state index contributed by atoms with van der Waals surface area (Å²) in [6, 6.07) is 9.50. The summed E-state index contributed by atoms with van der Waals surface area (Å²) >= 11 is 0. The SMILES string of the molecule is CCN(CCOC)CC(C)C(=O)c1ccccc1. The van der Waals surface area contributed by atoms with E-state index in [4.69, 9.17) is 4.74 Å². The first-order valence-electron chi connectivity index (χ1n) is 6.49. The van der Waals surface area contributed by atoms with Crippen LogP contribution in [0.15, 0.2) is 30.3 Å². The predicted molar refractivity (Wildman–Crippen MR) is 73.9 cm³/mol. The van der Waals surface area contributed by atoms with Crippen LogP contribution in [0.5, 0.6) is 0 Å². The molecular weight excluding hydrogens is 226 g/mol. The van der Waals surface area contributed by atoms with Crippen molar-refractivity contribution in [2.75, 3.05) is 33.4 Å². The highest BCUT2D eigenvalue weighted by atomic mass is 16.5. The van der Waals surface area contributed by atoms with Crippen molar-refractivity contribution in [2.24, 2.45) is 5.92 Å². The second-order valence-electron chi connectivity index (χ2n) is 4.52. The van der Waals surface area contributed by atoms with E-state index in [1.807, 2.05) is 37.3 Å². The number of methoxy groups -OCH3 is 1. The van der Waals surface area contributed by atoms with Gasteiger partial charge in [-0.05, 0) is 6.54 Å². The maximum atomic E-state index is 12.2. The molecule has 1 unspecified atom stereocenters. The molecule has 0 amide bonds. The Morgan fingerprint density at radius 1 is 1.33 bits per heavy atom. The number of benzene rings is 1. The smallest absolute Gasteiger partial charge is 0.166 e. The topological polar surface area (TPSA) is 29.5 Å². The average Bonchev–Trinajstić information content (AvgIpc) is 2.43. The van der Waals surface area contributed by atoms with Crippen molar-refractivity contribution in [1.82, 2.24) is 4.90 Å². The first kappa shape index (κ1) is 14.9. The molecule has 0 bridgehead atoms. The van der Waals surface area contributed by atoms with Crippen LogP contribution >= 0.6 is 0 Å². The number of rotatable bonds is 8. The first-order chi connectivity index (χ1) is 8.69. The number of nitrogens with zero attached hydrogens (tertiary/aromatic N) is 1. The molecule has 1 atom stereocenters. The fraction of sp³-hybridized carbons (Fsp3) is 0.533. The summed E-state index contributed by atoms with van der Waals surface area (Å²) in [5.41, 5.74) is 0.799. The number of carbonyl (C=O) groups is 1. The second-order valence-corrected chi connectivity index (χ2v) is 4.52. The maximum Gasteiger partial charge on any atom is 0.166 e. The van der Waals surface area contributed by atoms with E-state index < -0.39 is 0 Å². The normalized spacial score (nSPS) is 12.7. The summed E-state index contributed by atoms with van der Waals surface area (Å²) in [7, 11) is 1.70. The largest absolute Gasteiger partial charge is 0.383 e. The van der Waals surface area contributed by atoms with E-state index in [0.29, 0.717) is 6.61 Å². The van der Waals surface area contributed by atoms with Crippen molar-refractivity contribution in [3.05, 3.63) is 35.9 Å². The van der Waals surface area contributed by atoms with Crippen LogP contribution in [0.2, 0.25) is 0 Å². The zero-order chi connectivity index (χ0) is 13.4. The van der Waals surface area contributed by atoms with E-state index in [1.54, 1.807) is 7.11 Å². The zero-order valence-electron chi connectivity index (χ0n) is 11.6. The van der Waals surface area contributed by atoms with Crippen LogP contribution in [0.25, 0.3) is 0 Å². The summed E-state index contributed by atoms with van der Waals surface area (Å²) in [4.78, 5) is 14.5. The summed E-state index contributed by atoms with van der Waals surface area (Å²) < 4.78 is 5.07. The van der Waals surface area contributed by atoms with Crippen molar-refractivity contribution in [3.8, 4) is 0 Å². The molecule has 1 rings (SSSR count). The van der Waals surface area contributed by atoms with Crippen LogP contribution in [0.3, 0.4) is 0 Å². The monoisotopic (exact) mass is 249 g/mol. The van der Waals surface area contributed by atoms with Crippen molar-refractivity contribution in [3.63, 3.8) is 0 Å². The lowest BCUT2D eigenvalue weighted by molar-refractivity contribution is 0.0873. The molecule has 0 radical (unpaired) electrons. The van der Waals surface area contributed by atoms with Gasteiger partial charge < -0.3 is 9.64 Å². The number of hydrogen-bond acceptors (Lipinski definition) is 3. The molecule has 100 valence electrons. The lowest BCUT2D eigenvalue weighted by atomic mass is 9.99. The molecule has 0 heterocycles.